The van der Waals surface area contributed by atoms with Gasteiger partial charge in [0.15, 0.2) is 0 Å². The molecule has 102 valence electrons. The highest BCUT2D eigenvalue weighted by atomic mass is 28.4. The van der Waals surface area contributed by atoms with Crippen LogP contribution in [-0.4, -0.2) is 21.8 Å². The summed E-state index contributed by atoms with van der Waals surface area (Å²) in [5.41, 5.74) is 0.568. The highest BCUT2D eigenvalue weighted by Crippen LogP contribution is 2.33. The summed E-state index contributed by atoms with van der Waals surface area (Å²) in [5.74, 6) is 0. The molecule has 0 spiro atoms. The molecule has 0 radical (unpaired) electrons. The lowest BCUT2D eigenvalue weighted by Crippen LogP contribution is -2.46. The third-order valence-corrected chi connectivity index (χ3v) is 7.67. The van der Waals surface area contributed by atoms with E-state index in [2.05, 4.69) is 46.8 Å². The van der Waals surface area contributed by atoms with E-state index in [1.807, 2.05) is 0 Å². The van der Waals surface area contributed by atoms with Gasteiger partial charge in [-0.1, -0.05) is 32.4 Å². The molecule has 0 fully saturated rings. The van der Waals surface area contributed by atoms with Crippen LogP contribution in [0.25, 0.3) is 0 Å². The fourth-order valence-corrected chi connectivity index (χ4v) is 6.00. The molecule has 0 saturated heterocycles. The number of hydrogen-bond acceptors (Lipinski definition) is 2. The van der Waals surface area contributed by atoms with Crippen molar-refractivity contribution >= 4 is 8.56 Å². The largest absolute Gasteiger partial charge is 0.394 e. The molecule has 1 unspecified atom stereocenters. The summed E-state index contributed by atoms with van der Waals surface area (Å²) < 4.78 is 12.2. The van der Waals surface area contributed by atoms with Crippen LogP contribution in [0.1, 0.15) is 53.9 Å². The molecular formula is C14H30O2Si. The standard InChI is InChI=1S/C14H30O2Si/c1-6-10-11-12-14(5)17(13-7-2,15-8-3)16-9-4/h6,10,14H,7-9,11-13H2,1-5H3. The monoisotopic (exact) mass is 258 g/mol. The molecule has 3 heteroatoms. The molecule has 0 aliphatic heterocycles. The van der Waals surface area contributed by atoms with Gasteiger partial charge >= 0.3 is 8.56 Å². The average molecular weight is 258 g/mol. The van der Waals surface area contributed by atoms with Crippen molar-refractivity contribution in [2.45, 2.75) is 65.5 Å². The van der Waals surface area contributed by atoms with Crippen LogP contribution in [0.2, 0.25) is 11.6 Å². The molecule has 0 rings (SSSR count). The second-order valence-corrected chi connectivity index (χ2v) is 8.16. The highest BCUT2D eigenvalue weighted by Gasteiger charge is 2.41. The van der Waals surface area contributed by atoms with Gasteiger partial charge in [-0.2, -0.15) is 0 Å². The van der Waals surface area contributed by atoms with Crippen molar-refractivity contribution in [2.24, 2.45) is 0 Å². The summed E-state index contributed by atoms with van der Waals surface area (Å²) in [6.07, 6.45) is 7.82. The SMILES string of the molecule is CC=CCCC(C)[Si](CCC)(OCC)OCC. The first kappa shape index (κ1) is 16.9. The minimum absolute atomic E-state index is 0.568. The zero-order valence-electron chi connectivity index (χ0n) is 12.3. The molecule has 17 heavy (non-hydrogen) atoms. The lowest BCUT2D eigenvalue weighted by atomic mass is 10.2. The lowest BCUT2D eigenvalue weighted by Gasteiger charge is -2.35. The van der Waals surface area contributed by atoms with Crippen LogP contribution >= 0.6 is 0 Å². The Morgan fingerprint density at radius 1 is 1.12 bits per heavy atom. The van der Waals surface area contributed by atoms with Gasteiger partial charge in [0, 0.05) is 18.8 Å². The Morgan fingerprint density at radius 2 is 1.71 bits per heavy atom. The predicted molar refractivity (Wildman–Crippen MR) is 77.6 cm³/mol. The summed E-state index contributed by atoms with van der Waals surface area (Å²) in [7, 11) is -1.98. The van der Waals surface area contributed by atoms with Gasteiger partial charge in [0.2, 0.25) is 0 Å². The number of allylic oxidation sites excluding steroid dienone is 2. The first-order chi connectivity index (χ1) is 8.16. The van der Waals surface area contributed by atoms with E-state index in [-0.39, 0.29) is 0 Å². The number of rotatable bonds is 10. The fourth-order valence-electron chi connectivity index (χ4n) is 2.29. The van der Waals surface area contributed by atoms with Gasteiger partial charge in [0.25, 0.3) is 0 Å². The first-order valence-electron chi connectivity index (χ1n) is 7.05. The van der Waals surface area contributed by atoms with E-state index >= 15 is 0 Å². The van der Waals surface area contributed by atoms with E-state index in [1.165, 1.54) is 6.42 Å². The summed E-state index contributed by atoms with van der Waals surface area (Å²) in [4.78, 5) is 0. The second-order valence-electron chi connectivity index (χ2n) is 4.48. The van der Waals surface area contributed by atoms with Crippen LogP contribution in [0.5, 0.6) is 0 Å². The van der Waals surface area contributed by atoms with Gasteiger partial charge in [0.05, 0.1) is 0 Å². The van der Waals surface area contributed by atoms with Crippen LogP contribution in [0.4, 0.5) is 0 Å². The fraction of sp³-hybridized carbons (Fsp3) is 0.857. The van der Waals surface area contributed by atoms with E-state index in [0.29, 0.717) is 5.54 Å². The summed E-state index contributed by atoms with van der Waals surface area (Å²) in [5, 5.41) is 0. The molecular weight excluding hydrogens is 228 g/mol. The molecule has 0 N–H and O–H groups in total. The van der Waals surface area contributed by atoms with E-state index in [4.69, 9.17) is 8.85 Å². The van der Waals surface area contributed by atoms with Crippen LogP contribution < -0.4 is 0 Å². The maximum atomic E-state index is 6.10. The zero-order valence-corrected chi connectivity index (χ0v) is 13.3. The quantitative estimate of drug-likeness (QED) is 0.419. The van der Waals surface area contributed by atoms with Gasteiger partial charge in [-0.3, -0.25) is 0 Å². The van der Waals surface area contributed by atoms with Crippen LogP contribution in [0.15, 0.2) is 12.2 Å². The van der Waals surface area contributed by atoms with E-state index in [0.717, 1.165) is 32.1 Å². The van der Waals surface area contributed by atoms with Crippen molar-refractivity contribution in [1.82, 2.24) is 0 Å². The molecule has 0 aromatic carbocycles. The van der Waals surface area contributed by atoms with Crippen molar-refractivity contribution in [3.63, 3.8) is 0 Å². The van der Waals surface area contributed by atoms with Crippen LogP contribution in [0, 0.1) is 0 Å². The van der Waals surface area contributed by atoms with Crippen LogP contribution in [-0.2, 0) is 8.85 Å². The molecule has 0 aromatic rings. The molecule has 0 aliphatic carbocycles. The Bertz CT molecular complexity index is 187. The maximum absolute atomic E-state index is 6.10. The Balaban J connectivity index is 4.58. The van der Waals surface area contributed by atoms with Gasteiger partial charge in [-0.15, -0.1) is 0 Å². The van der Waals surface area contributed by atoms with Gasteiger partial charge in [0.1, 0.15) is 0 Å². The van der Waals surface area contributed by atoms with E-state index < -0.39 is 8.56 Å². The molecule has 0 amide bonds. The van der Waals surface area contributed by atoms with Crippen molar-refractivity contribution in [3.05, 3.63) is 12.2 Å². The van der Waals surface area contributed by atoms with Gasteiger partial charge in [-0.05, 0) is 39.7 Å². The number of hydrogen-bond donors (Lipinski definition) is 0. The summed E-state index contributed by atoms with van der Waals surface area (Å²) in [6, 6.07) is 1.12. The molecule has 0 heterocycles. The Labute approximate surface area is 109 Å². The third-order valence-electron chi connectivity index (χ3n) is 3.13. The summed E-state index contributed by atoms with van der Waals surface area (Å²) >= 11 is 0. The Kier molecular flexibility index (Phi) is 9.79. The molecule has 0 aliphatic rings. The van der Waals surface area contributed by atoms with Crippen molar-refractivity contribution < 1.29 is 8.85 Å². The summed E-state index contributed by atoms with van der Waals surface area (Å²) in [6.45, 7) is 12.3. The highest BCUT2D eigenvalue weighted by molar-refractivity contribution is 6.68. The minimum atomic E-state index is -1.98. The molecule has 0 saturated carbocycles. The molecule has 0 bridgehead atoms. The zero-order chi connectivity index (χ0) is 13.1. The normalized spacial score (nSPS) is 14.4. The topological polar surface area (TPSA) is 18.5 Å². The van der Waals surface area contributed by atoms with E-state index in [1.54, 1.807) is 0 Å². The predicted octanol–water partition coefficient (Wildman–Crippen LogP) is 4.66. The Hall–Kier alpha value is -0.123. The smallest absolute Gasteiger partial charge is 0.341 e. The molecule has 0 aromatic heterocycles. The minimum Gasteiger partial charge on any atom is -0.394 e. The van der Waals surface area contributed by atoms with Crippen LogP contribution in [0.3, 0.4) is 0 Å². The molecule has 1 atom stereocenters. The van der Waals surface area contributed by atoms with Crippen molar-refractivity contribution in [3.8, 4) is 0 Å². The van der Waals surface area contributed by atoms with Crippen molar-refractivity contribution in [2.75, 3.05) is 13.2 Å². The van der Waals surface area contributed by atoms with E-state index in [9.17, 15) is 0 Å². The van der Waals surface area contributed by atoms with Gasteiger partial charge in [-0.25, -0.2) is 0 Å². The van der Waals surface area contributed by atoms with Crippen molar-refractivity contribution in [1.29, 1.82) is 0 Å². The second kappa shape index (κ2) is 9.86. The molecule has 2 nitrogen and oxygen atoms in total. The lowest BCUT2D eigenvalue weighted by molar-refractivity contribution is 0.171. The Morgan fingerprint density at radius 3 is 2.12 bits per heavy atom. The van der Waals surface area contributed by atoms with Gasteiger partial charge < -0.3 is 8.85 Å². The maximum Gasteiger partial charge on any atom is 0.341 e. The average Bonchev–Trinajstić information content (AvgIpc) is 2.30. The third kappa shape index (κ3) is 5.84. The first-order valence-corrected chi connectivity index (χ1v) is 9.15.